The molecule has 7 heteroatoms. The maximum atomic E-state index is 12.3. The van der Waals surface area contributed by atoms with Gasteiger partial charge < -0.3 is 5.32 Å². The van der Waals surface area contributed by atoms with Crippen molar-refractivity contribution in [3.63, 3.8) is 0 Å². The van der Waals surface area contributed by atoms with Crippen molar-refractivity contribution >= 4 is 34.8 Å². The number of benzene rings is 2. The molecule has 0 atom stereocenters. The van der Waals surface area contributed by atoms with Crippen LogP contribution in [0.1, 0.15) is 5.56 Å². The summed E-state index contributed by atoms with van der Waals surface area (Å²) in [6.45, 7) is 1.61. The van der Waals surface area contributed by atoms with Gasteiger partial charge in [0.1, 0.15) is 6.54 Å². The lowest BCUT2D eigenvalue weighted by Crippen LogP contribution is -2.29. The van der Waals surface area contributed by atoms with Gasteiger partial charge in [-0.05, 0) is 42.8 Å². The lowest BCUT2D eigenvalue weighted by atomic mass is 10.1. The first-order chi connectivity index (χ1) is 12.4. The summed E-state index contributed by atoms with van der Waals surface area (Å²) in [6.07, 6.45) is 0. The van der Waals surface area contributed by atoms with Gasteiger partial charge >= 0.3 is 0 Å². The van der Waals surface area contributed by atoms with E-state index in [0.29, 0.717) is 21.4 Å². The zero-order valence-electron chi connectivity index (χ0n) is 13.9. The summed E-state index contributed by atoms with van der Waals surface area (Å²) in [6, 6.07) is 15.3. The predicted molar refractivity (Wildman–Crippen MR) is 104 cm³/mol. The molecule has 132 valence electrons. The molecule has 0 unspecified atom stereocenters. The third-order valence-corrected chi connectivity index (χ3v) is 4.50. The molecule has 3 aromatic rings. The molecule has 26 heavy (non-hydrogen) atoms. The molecule has 0 saturated carbocycles. The lowest BCUT2D eigenvalue weighted by Gasteiger charge is -2.11. The number of rotatable bonds is 4. The maximum Gasteiger partial charge on any atom is 0.267 e. The number of nitrogens with one attached hydrogen (secondary N) is 1. The number of halogens is 2. The molecule has 1 aromatic heterocycles. The molecular weight excluding hydrogens is 373 g/mol. The number of amides is 1. The van der Waals surface area contributed by atoms with Gasteiger partial charge in [-0.3, -0.25) is 9.59 Å². The summed E-state index contributed by atoms with van der Waals surface area (Å²) in [4.78, 5) is 24.4. The van der Waals surface area contributed by atoms with Crippen LogP contribution in [0.5, 0.6) is 0 Å². The van der Waals surface area contributed by atoms with Crippen LogP contribution in [0.3, 0.4) is 0 Å². The van der Waals surface area contributed by atoms with E-state index in [1.165, 1.54) is 6.07 Å². The second-order valence-corrected chi connectivity index (χ2v) is 6.53. The highest BCUT2D eigenvalue weighted by Gasteiger charge is 2.10. The molecule has 0 bridgehead atoms. The van der Waals surface area contributed by atoms with Gasteiger partial charge in [-0.15, -0.1) is 0 Å². The van der Waals surface area contributed by atoms with Gasteiger partial charge in [0.15, 0.2) is 0 Å². The smallest absolute Gasteiger partial charge is 0.267 e. The largest absolute Gasteiger partial charge is 0.324 e. The Kier molecular flexibility index (Phi) is 5.40. The van der Waals surface area contributed by atoms with Crippen LogP contribution >= 0.6 is 23.2 Å². The predicted octanol–water partition coefficient (Wildman–Crippen LogP) is 4.16. The second kappa shape index (κ2) is 7.72. The molecule has 0 radical (unpaired) electrons. The number of aromatic nitrogens is 2. The summed E-state index contributed by atoms with van der Waals surface area (Å²) < 4.78 is 1.12. The van der Waals surface area contributed by atoms with Crippen LogP contribution in [0.15, 0.2) is 59.4 Å². The Labute approximate surface area is 160 Å². The number of anilines is 1. The van der Waals surface area contributed by atoms with Gasteiger partial charge in [-0.2, -0.15) is 5.10 Å². The maximum absolute atomic E-state index is 12.3. The van der Waals surface area contributed by atoms with Crippen molar-refractivity contribution in [3.05, 3.63) is 80.6 Å². The highest BCUT2D eigenvalue weighted by atomic mass is 35.5. The van der Waals surface area contributed by atoms with E-state index in [1.807, 2.05) is 6.92 Å². The summed E-state index contributed by atoms with van der Waals surface area (Å²) >= 11 is 11.9. The van der Waals surface area contributed by atoms with E-state index in [-0.39, 0.29) is 18.0 Å². The standard InChI is InChI=1S/C19H15Cl2N3O2/c1-12-15(21)3-2-4-16(12)22-18(25)11-24-19(26)10-9-17(23-24)13-5-7-14(20)8-6-13/h2-10H,11H2,1H3,(H,22,25). The molecule has 1 amide bonds. The molecule has 1 N–H and O–H groups in total. The van der Waals surface area contributed by atoms with Crippen molar-refractivity contribution in [2.24, 2.45) is 0 Å². The molecule has 0 aliphatic carbocycles. The molecule has 0 aliphatic rings. The molecule has 3 rings (SSSR count). The Morgan fingerprint density at radius 3 is 2.54 bits per heavy atom. The Balaban J connectivity index is 1.82. The number of nitrogens with zero attached hydrogens (tertiary/aromatic N) is 2. The lowest BCUT2D eigenvalue weighted by molar-refractivity contribution is -0.117. The average molecular weight is 388 g/mol. The minimum Gasteiger partial charge on any atom is -0.324 e. The average Bonchev–Trinajstić information content (AvgIpc) is 2.62. The van der Waals surface area contributed by atoms with Crippen LogP contribution in [0.25, 0.3) is 11.3 Å². The fraction of sp³-hybridized carbons (Fsp3) is 0.105. The van der Waals surface area contributed by atoms with Crippen LogP contribution in [0.2, 0.25) is 10.0 Å². The first kappa shape index (κ1) is 18.2. The van der Waals surface area contributed by atoms with E-state index in [9.17, 15) is 9.59 Å². The van der Waals surface area contributed by atoms with E-state index < -0.39 is 0 Å². The monoisotopic (exact) mass is 387 g/mol. The van der Waals surface area contributed by atoms with Gasteiger partial charge in [0.25, 0.3) is 5.56 Å². The summed E-state index contributed by atoms with van der Waals surface area (Å²) in [7, 11) is 0. The molecule has 0 fully saturated rings. The number of carbonyl (C=O) groups is 1. The first-order valence-electron chi connectivity index (χ1n) is 7.83. The van der Waals surface area contributed by atoms with Gasteiger partial charge in [0, 0.05) is 27.4 Å². The van der Waals surface area contributed by atoms with Gasteiger partial charge in [0.2, 0.25) is 5.91 Å². The first-order valence-corrected chi connectivity index (χ1v) is 8.59. The van der Waals surface area contributed by atoms with Crippen LogP contribution in [-0.2, 0) is 11.3 Å². The molecule has 0 spiro atoms. The van der Waals surface area contributed by atoms with Crippen molar-refractivity contribution in [3.8, 4) is 11.3 Å². The topological polar surface area (TPSA) is 64.0 Å². The Morgan fingerprint density at radius 2 is 1.81 bits per heavy atom. The van der Waals surface area contributed by atoms with E-state index >= 15 is 0 Å². The van der Waals surface area contributed by atoms with E-state index in [0.717, 1.165) is 15.8 Å². The molecule has 1 heterocycles. The molecule has 5 nitrogen and oxygen atoms in total. The van der Waals surface area contributed by atoms with Crippen molar-refractivity contribution < 1.29 is 4.79 Å². The molecule has 2 aromatic carbocycles. The zero-order chi connectivity index (χ0) is 18.7. The van der Waals surface area contributed by atoms with Crippen LogP contribution in [0.4, 0.5) is 5.69 Å². The normalized spacial score (nSPS) is 10.6. The SMILES string of the molecule is Cc1c(Cl)cccc1NC(=O)Cn1nc(-c2ccc(Cl)cc2)ccc1=O. The van der Waals surface area contributed by atoms with Crippen LogP contribution in [0, 0.1) is 6.92 Å². The molecule has 0 aliphatic heterocycles. The minimum atomic E-state index is -0.363. The van der Waals surface area contributed by atoms with Gasteiger partial charge in [-0.1, -0.05) is 41.4 Å². The summed E-state index contributed by atoms with van der Waals surface area (Å²) in [5.41, 5.74) is 2.38. The minimum absolute atomic E-state index is 0.202. The third-order valence-electron chi connectivity index (χ3n) is 3.84. The summed E-state index contributed by atoms with van der Waals surface area (Å²) in [5.74, 6) is -0.363. The fourth-order valence-electron chi connectivity index (χ4n) is 2.41. The number of hydrogen-bond acceptors (Lipinski definition) is 3. The fourth-order valence-corrected chi connectivity index (χ4v) is 2.71. The molecule has 0 saturated heterocycles. The van der Waals surface area contributed by atoms with Crippen molar-refractivity contribution in [1.82, 2.24) is 9.78 Å². The van der Waals surface area contributed by atoms with Gasteiger partial charge in [0.05, 0.1) is 5.69 Å². The Morgan fingerprint density at radius 1 is 1.08 bits per heavy atom. The van der Waals surface area contributed by atoms with Gasteiger partial charge in [-0.25, -0.2) is 4.68 Å². The van der Waals surface area contributed by atoms with Crippen molar-refractivity contribution in [1.29, 1.82) is 0 Å². The van der Waals surface area contributed by atoms with Crippen LogP contribution in [-0.4, -0.2) is 15.7 Å². The Hall–Kier alpha value is -2.63. The van der Waals surface area contributed by atoms with Crippen molar-refractivity contribution in [2.75, 3.05) is 5.32 Å². The molecular formula is C19H15Cl2N3O2. The highest BCUT2D eigenvalue weighted by Crippen LogP contribution is 2.23. The van der Waals surface area contributed by atoms with Crippen molar-refractivity contribution in [2.45, 2.75) is 13.5 Å². The Bertz CT molecular complexity index is 1010. The van der Waals surface area contributed by atoms with E-state index in [1.54, 1.807) is 48.5 Å². The summed E-state index contributed by atoms with van der Waals surface area (Å²) in [5, 5.41) is 8.19. The second-order valence-electron chi connectivity index (χ2n) is 5.68. The third kappa shape index (κ3) is 4.12. The van der Waals surface area contributed by atoms with E-state index in [4.69, 9.17) is 23.2 Å². The highest BCUT2D eigenvalue weighted by molar-refractivity contribution is 6.31. The number of hydrogen-bond donors (Lipinski definition) is 1. The van der Waals surface area contributed by atoms with Crippen LogP contribution < -0.4 is 10.9 Å². The number of carbonyl (C=O) groups excluding carboxylic acids is 1. The quantitative estimate of drug-likeness (QED) is 0.730. The zero-order valence-corrected chi connectivity index (χ0v) is 15.4. The van der Waals surface area contributed by atoms with E-state index in [2.05, 4.69) is 10.4 Å².